The monoisotopic (exact) mass is 332 g/mol. The molecular formula is C16H20N4O2S. The van der Waals surface area contributed by atoms with E-state index >= 15 is 0 Å². The van der Waals surface area contributed by atoms with Crippen molar-refractivity contribution in [2.75, 3.05) is 16.8 Å². The van der Waals surface area contributed by atoms with E-state index in [0.717, 1.165) is 29.4 Å². The zero-order valence-electron chi connectivity index (χ0n) is 13.1. The van der Waals surface area contributed by atoms with E-state index in [-0.39, 0.29) is 23.0 Å². The second kappa shape index (κ2) is 7.82. The van der Waals surface area contributed by atoms with Crippen molar-refractivity contribution in [2.24, 2.45) is 0 Å². The Morgan fingerprint density at radius 2 is 2.17 bits per heavy atom. The number of thioether (sulfide) groups is 1. The van der Waals surface area contributed by atoms with E-state index in [4.69, 9.17) is 5.73 Å². The summed E-state index contributed by atoms with van der Waals surface area (Å²) in [5, 5.41) is 3.25. The number of anilines is 2. The molecule has 1 heterocycles. The molecule has 1 aromatic heterocycles. The van der Waals surface area contributed by atoms with Crippen LogP contribution in [0.2, 0.25) is 0 Å². The molecule has 2 aromatic rings. The largest absolute Gasteiger partial charge is 0.383 e. The van der Waals surface area contributed by atoms with Gasteiger partial charge >= 0.3 is 0 Å². The van der Waals surface area contributed by atoms with Crippen LogP contribution in [0.3, 0.4) is 0 Å². The molecule has 0 aliphatic carbocycles. The zero-order valence-corrected chi connectivity index (χ0v) is 13.9. The number of H-pyrrole nitrogens is 1. The maximum absolute atomic E-state index is 12.1. The molecule has 0 saturated heterocycles. The molecular weight excluding hydrogens is 312 g/mol. The lowest BCUT2D eigenvalue weighted by atomic mass is 9.97. The van der Waals surface area contributed by atoms with Crippen molar-refractivity contribution in [1.29, 1.82) is 0 Å². The predicted molar refractivity (Wildman–Crippen MR) is 93.8 cm³/mol. The third-order valence-corrected chi connectivity index (χ3v) is 4.33. The highest BCUT2D eigenvalue weighted by molar-refractivity contribution is 7.99. The summed E-state index contributed by atoms with van der Waals surface area (Å²) in [5.74, 6) is 0.488. The lowest BCUT2D eigenvalue weighted by Crippen LogP contribution is -2.17. The molecule has 0 aliphatic rings. The number of hydrogen-bond acceptors (Lipinski definition) is 5. The van der Waals surface area contributed by atoms with Crippen LogP contribution < -0.4 is 16.6 Å². The van der Waals surface area contributed by atoms with Gasteiger partial charge in [0.1, 0.15) is 5.82 Å². The van der Waals surface area contributed by atoms with Crippen LogP contribution in [-0.4, -0.2) is 21.6 Å². The SMILES string of the molecule is CCC(C)c1ccccc1NC(=O)CSc1nc(N)cc(=O)[nH]1. The third-order valence-electron chi connectivity index (χ3n) is 3.46. The van der Waals surface area contributed by atoms with Crippen molar-refractivity contribution in [3.63, 3.8) is 0 Å². The summed E-state index contributed by atoms with van der Waals surface area (Å²) >= 11 is 1.14. The van der Waals surface area contributed by atoms with Crippen molar-refractivity contribution in [1.82, 2.24) is 9.97 Å². The second-order valence-electron chi connectivity index (χ2n) is 5.21. The van der Waals surface area contributed by atoms with E-state index in [2.05, 4.69) is 29.1 Å². The van der Waals surface area contributed by atoms with Gasteiger partial charge in [-0.2, -0.15) is 0 Å². The van der Waals surface area contributed by atoms with Crippen molar-refractivity contribution in [3.8, 4) is 0 Å². The molecule has 0 fully saturated rings. The van der Waals surface area contributed by atoms with Gasteiger partial charge in [-0.15, -0.1) is 0 Å². The summed E-state index contributed by atoms with van der Waals surface area (Å²) in [7, 11) is 0. The number of carbonyl (C=O) groups is 1. The van der Waals surface area contributed by atoms with E-state index in [1.165, 1.54) is 6.07 Å². The van der Waals surface area contributed by atoms with Crippen LogP contribution in [0.5, 0.6) is 0 Å². The summed E-state index contributed by atoms with van der Waals surface area (Å²) < 4.78 is 0. The van der Waals surface area contributed by atoms with E-state index in [1.807, 2.05) is 24.3 Å². The highest BCUT2D eigenvalue weighted by Gasteiger charge is 2.11. The zero-order chi connectivity index (χ0) is 16.8. The van der Waals surface area contributed by atoms with Gasteiger partial charge in [-0.3, -0.25) is 9.59 Å². The summed E-state index contributed by atoms with van der Waals surface area (Å²) in [6, 6.07) is 8.98. The molecule has 122 valence electrons. The molecule has 4 N–H and O–H groups in total. The number of nitrogen functional groups attached to an aromatic ring is 1. The van der Waals surface area contributed by atoms with Crippen molar-refractivity contribution < 1.29 is 4.79 Å². The van der Waals surface area contributed by atoms with Crippen LogP contribution >= 0.6 is 11.8 Å². The van der Waals surface area contributed by atoms with E-state index in [9.17, 15) is 9.59 Å². The van der Waals surface area contributed by atoms with Gasteiger partial charge in [-0.1, -0.05) is 43.8 Å². The highest BCUT2D eigenvalue weighted by Crippen LogP contribution is 2.26. The molecule has 0 radical (unpaired) electrons. The number of rotatable bonds is 6. The van der Waals surface area contributed by atoms with Crippen LogP contribution in [0.25, 0.3) is 0 Å². The van der Waals surface area contributed by atoms with Crippen molar-refractivity contribution in [3.05, 3.63) is 46.2 Å². The van der Waals surface area contributed by atoms with Crippen LogP contribution in [0.15, 0.2) is 40.3 Å². The maximum atomic E-state index is 12.1. The number of para-hydroxylation sites is 1. The average molecular weight is 332 g/mol. The van der Waals surface area contributed by atoms with Gasteiger partial charge in [0.2, 0.25) is 5.91 Å². The number of nitrogens with one attached hydrogen (secondary N) is 2. The van der Waals surface area contributed by atoms with Crippen molar-refractivity contribution in [2.45, 2.75) is 31.3 Å². The van der Waals surface area contributed by atoms with Gasteiger partial charge < -0.3 is 16.0 Å². The number of aromatic amines is 1. The van der Waals surface area contributed by atoms with Crippen LogP contribution in [0.4, 0.5) is 11.5 Å². The van der Waals surface area contributed by atoms with Crippen LogP contribution in [-0.2, 0) is 4.79 Å². The summed E-state index contributed by atoms with van der Waals surface area (Å²) in [5.41, 5.74) is 7.12. The Labute approximate surface area is 138 Å². The number of carbonyl (C=O) groups excluding carboxylic acids is 1. The Kier molecular flexibility index (Phi) is 5.81. The maximum Gasteiger partial charge on any atom is 0.253 e. The summed E-state index contributed by atoms with van der Waals surface area (Å²) in [6.45, 7) is 4.24. The number of aromatic nitrogens is 2. The average Bonchev–Trinajstić information content (AvgIpc) is 2.52. The minimum atomic E-state index is -0.331. The Balaban J connectivity index is 2.01. The first-order valence-corrected chi connectivity index (χ1v) is 8.36. The Morgan fingerprint density at radius 3 is 2.87 bits per heavy atom. The van der Waals surface area contributed by atoms with E-state index in [1.54, 1.807) is 0 Å². The smallest absolute Gasteiger partial charge is 0.253 e. The second-order valence-corrected chi connectivity index (χ2v) is 6.17. The molecule has 1 aromatic carbocycles. The summed E-state index contributed by atoms with van der Waals surface area (Å²) in [4.78, 5) is 30.0. The molecule has 1 atom stereocenters. The molecule has 0 bridgehead atoms. The molecule has 23 heavy (non-hydrogen) atoms. The number of nitrogens with two attached hydrogens (primary N) is 1. The van der Waals surface area contributed by atoms with E-state index in [0.29, 0.717) is 11.1 Å². The lowest BCUT2D eigenvalue weighted by Gasteiger charge is -2.15. The molecule has 0 spiro atoms. The molecule has 1 amide bonds. The van der Waals surface area contributed by atoms with Crippen LogP contribution in [0.1, 0.15) is 31.7 Å². The summed E-state index contributed by atoms with van der Waals surface area (Å²) in [6.07, 6.45) is 0.996. The minimum absolute atomic E-state index is 0.138. The first-order chi connectivity index (χ1) is 11.0. The normalized spacial score (nSPS) is 11.9. The number of nitrogens with zero attached hydrogens (tertiary/aromatic N) is 1. The number of amides is 1. The molecule has 7 heteroatoms. The molecule has 2 rings (SSSR count). The Bertz CT molecular complexity index is 745. The molecule has 6 nitrogen and oxygen atoms in total. The topological polar surface area (TPSA) is 101 Å². The number of benzene rings is 1. The predicted octanol–water partition coefficient (Wildman–Crippen LogP) is 2.60. The van der Waals surface area contributed by atoms with Gasteiger partial charge in [0, 0.05) is 11.8 Å². The highest BCUT2D eigenvalue weighted by atomic mass is 32.2. The van der Waals surface area contributed by atoms with Gasteiger partial charge in [-0.05, 0) is 24.0 Å². The quantitative estimate of drug-likeness (QED) is 0.557. The lowest BCUT2D eigenvalue weighted by molar-refractivity contribution is -0.113. The first-order valence-electron chi connectivity index (χ1n) is 7.38. The van der Waals surface area contributed by atoms with E-state index < -0.39 is 0 Å². The Morgan fingerprint density at radius 1 is 1.43 bits per heavy atom. The number of hydrogen-bond donors (Lipinski definition) is 3. The van der Waals surface area contributed by atoms with Gasteiger partial charge in [0.05, 0.1) is 5.75 Å². The molecule has 0 saturated carbocycles. The van der Waals surface area contributed by atoms with Crippen molar-refractivity contribution >= 4 is 29.2 Å². The van der Waals surface area contributed by atoms with Crippen LogP contribution in [0, 0.1) is 0 Å². The third kappa shape index (κ3) is 4.85. The van der Waals surface area contributed by atoms with Gasteiger partial charge in [0.15, 0.2) is 5.16 Å². The Hall–Kier alpha value is -2.28. The molecule has 1 unspecified atom stereocenters. The van der Waals surface area contributed by atoms with Gasteiger partial charge in [-0.25, -0.2) is 4.98 Å². The fraction of sp³-hybridized carbons (Fsp3) is 0.312. The van der Waals surface area contributed by atoms with Gasteiger partial charge in [0.25, 0.3) is 5.56 Å². The standard InChI is InChI=1S/C16H20N4O2S/c1-3-10(2)11-6-4-5-7-12(11)18-15(22)9-23-16-19-13(17)8-14(21)20-16/h4-8,10H,3,9H2,1-2H3,(H,18,22)(H3,17,19,20,21). The minimum Gasteiger partial charge on any atom is -0.383 e. The molecule has 0 aliphatic heterocycles. The fourth-order valence-electron chi connectivity index (χ4n) is 2.10. The fourth-order valence-corrected chi connectivity index (χ4v) is 2.79. The first kappa shape index (κ1) is 17.1.